The number of rotatable bonds is 3. The molecule has 0 aliphatic carbocycles. The first kappa shape index (κ1) is 10.6. The SMILES string of the molecule is CCc1ccc(C(C)C(C)Cl)cc1. The van der Waals surface area contributed by atoms with E-state index < -0.39 is 0 Å². The van der Waals surface area contributed by atoms with Gasteiger partial charge < -0.3 is 0 Å². The molecule has 0 aliphatic heterocycles. The van der Waals surface area contributed by atoms with Gasteiger partial charge in [-0.1, -0.05) is 38.1 Å². The third-order valence-electron chi connectivity index (χ3n) is 2.60. The van der Waals surface area contributed by atoms with Crippen molar-refractivity contribution >= 4 is 11.6 Å². The predicted octanol–water partition coefficient (Wildman–Crippen LogP) is 3.98. The Bertz CT molecular complexity index is 248. The molecule has 2 atom stereocenters. The monoisotopic (exact) mass is 196 g/mol. The summed E-state index contributed by atoms with van der Waals surface area (Å²) in [6.45, 7) is 6.38. The van der Waals surface area contributed by atoms with Gasteiger partial charge in [-0.2, -0.15) is 0 Å². The number of aryl methyl sites for hydroxylation is 1. The molecule has 72 valence electrons. The minimum atomic E-state index is 0.201. The Kier molecular flexibility index (Phi) is 3.80. The zero-order valence-corrected chi connectivity index (χ0v) is 9.31. The fourth-order valence-corrected chi connectivity index (χ4v) is 1.47. The van der Waals surface area contributed by atoms with E-state index in [0.717, 1.165) is 6.42 Å². The van der Waals surface area contributed by atoms with Crippen molar-refractivity contribution in [3.8, 4) is 0 Å². The van der Waals surface area contributed by atoms with E-state index in [1.807, 2.05) is 6.92 Å². The Balaban J connectivity index is 2.79. The minimum Gasteiger partial charge on any atom is -0.123 e. The molecule has 0 nitrogen and oxygen atoms in total. The van der Waals surface area contributed by atoms with Crippen LogP contribution in [0.15, 0.2) is 24.3 Å². The van der Waals surface area contributed by atoms with Crippen molar-refractivity contribution in [3.63, 3.8) is 0 Å². The second-order valence-corrected chi connectivity index (χ2v) is 4.25. The van der Waals surface area contributed by atoms with Crippen molar-refractivity contribution in [2.45, 2.75) is 38.5 Å². The van der Waals surface area contributed by atoms with Crippen LogP contribution in [-0.4, -0.2) is 5.38 Å². The average molecular weight is 197 g/mol. The van der Waals surface area contributed by atoms with E-state index in [-0.39, 0.29) is 5.38 Å². The van der Waals surface area contributed by atoms with E-state index in [1.54, 1.807) is 0 Å². The van der Waals surface area contributed by atoms with E-state index in [9.17, 15) is 0 Å². The lowest BCUT2D eigenvalue weighted by Gasteiger charge is -2.14. The topological polar surface area (TPSA) is 0 Å². The van der Waals surface area contributed by atoms with Crippen molar-refractivity contribution in [1.29, 1.82) is 0 Å². The van der Waals surface area contributed by atoms with Crippen molar-refractivity contribution in [2.75, 3.05) is 0 Å². The number of halogens is 1. The zero-order chi connectivity index (χ0) is 9.84. The lowest BCUT2D eigenvalue weighted by atomic mass is 9.97. The Morgan fingerprint density at radius 1 is 1.15 bits per heavy atom. The molecule has 1 aromatic carbocycles. The highest BCUT2D eigenvalue weighted by molar-refractivity contribution is 6.20. The Hall–Kier alpha value is -0.490. The molecular weight excluding hydrogens is 180 g/mol. The minimum absolute atomic E-state index is 0.201. The molecule has 0 saturated carbocycles. The molecule has 0 amide bonds. The molecule has 0 radical (unpaired) electrons. The van der Waals surface area contributed by atoms with Gasteiger partial charge in [-0.3, -0.25) is 0 Å². The van der Waals surface area contributed by atoms with Crippen LogP contribution in [0, 0.1) is 0 Å². The van der Waals surface area contributed by atoms with Gasteiger partial charge in [0, 0.05) is 5.38 Å². The highest BCUT2D eigenvalue weighted by atomic mass is 35.5. The zero-order valence-electron chi connectivity index (χ0n) is 8.55. The van der Waals surface area contributed by atoms with Crippen LogP contribution < -0.4 is 0 Å². The van der Waals surface area contributed by atoms with Crippen molar-refractivity contribution < 1.29 is 0 Å². The van der Waals surface area contributed by atoms with Crippen molar-refractivity contribution in [1.82, 2.24) is 0 Å². The van der Waals surface area contributed by atoms with E-state index in [1.165, 1.54) is 11.1 Å². The fourth-order valence-electron chi connectivity index (χ4n) is 1.32. The van der Waals surface area contributed by atoms with Crippen LogP contribution in [0.3, 0.4) is 0 Å². The molecular formula is C12H17Cl. The standard InChI is InChI=1S/C12H17Cl/c1-4-11-5-7-12(8-6-11)9(2)10(3)13/h5-10H,4H2,1-3H3. The maximum absolute atomic E-state index is 6.04. The third-order valence-corrected chi connectivity index (χ3v) is 2.98. The average Bonchev–Trinajstić information content (AvgIpc) is 2.17. The van der Waals surface area contributed by atoms with Crippen LogP contribution in [0.5, 0.6) is 0 Å². The molecule has 0 spiro atoms. The van der Waals surface area contributed by atoms with Crippen LogP contribution in [0.1, 0.15) is 37.8 Å². The molecule has 0 N–H and O–H groups in total. The molecule has 1 aromatic rings. The Morgan fingerprint density at radius 3 is 2.08 bits per heavy atom. The second-order valence-electron chi connectivity index (χ2n) is 3.56. The van der Waals surface area contributed by atoms with E-state index >= 15 is 0 Å². The van der Waals surface area contributed by atoms with Crippen LogP contribution in [0.25, 0.3) is 0 Å². The van der Waals surface area contributed by atoms with Gasteiger partial charge in [0.2, 0.25) is 0 Å². The van der Waals surface area contributed by atoms with Gasteiger partial charge in [-0.05, 0) is 30.4 Å². The van der Waals surface area contributed by atoms with Crippen LogP contribution in [0.2, 0.25) is 0 Å². The maximum Gasteiger partial charge on any atom is 0.0373 e. The largest absolute Gasteiger partial charge is 0.123 e. The molecule has 0 saturated heterocycles. The van der Waals surface area contributed by atoms with Crippen LogP contribution in [-0.2, 0) is 6.42 Å². The van der Waals surface area contributed by atoms with Crippen molar-refractivity contribution in [3.05, 3.63) is 35.4 Å². The molecule has 0 bridgehead atoms. The van der Waals surface area contributed by atoms with Gasteiger partial charge in [-0.15, -0.1) is 11.6 Å². The first-order chi connectivity index (χ1) is 6.15. The molecule has 0 aromatic heterocycles. The summed E-state index contributed by atoms with van der Waals surface area (Å²) in [6, 6.07) is 8.74. The first-order valence-electron chi connectivity index (χ1n) is 4.88. The van der Waals surface area contributed by atoms with Gasteiger partial charge in [0.15, 0.2) is 0 Å². The maximum atomic E-state index is 6.04. The number of hydrogen-bond donors (Lipinski definition) is 0. The molecule has 1 heteroatoms. The first-order valence-corrected chi connectivity index (χ1v) is 5.31. The Labute approximate surface area is 85.9 Å². The predicted molar refractivity (Wildman–Crippen MR) is 59.6 cm³/mol. The highest BCUT2D eigenvalue weighted by Gasteiger charge is 2.10. The van der Waals surface area contributed by atoms with Crippen LogP contribution >= 0.6 is 11.6 Å². The van der Waals surface area contributed by atoms with E-state index in [4.69, 9.17) is 11.6 Å². The fraction of sp³-hybridized carbons (Fsp3) is 0.500. The van der Waals surface area contributed by atoms with Gasteiger partial charge >= 0.3 is 0 Å². The molecule has 2 unspecified atom stereocenters. The summed E-state index contributed by atoms with van der Waals surface area (Å²) in [5, 5.41) is 0.201. The molecule has 0 aliphatic rings. The molecule has 13 heavy (non-hydrogen) atoms. The summed E-state index contributed by atoms with van der Waals surface area (Å²) in [4.78, 5) is 0. The Morgan fingerprint density at radius 2 is 1.69 bits per heavy atom. The van der Waals surface area contributed by atoms with E-state index in [0.29, 0.717) is 5.92 Å². The number of hydrogen-bond acceptors (Lipinski definition) is 0. The van der Waals surface area contributed by atoms with Gasteiger partial charge in [-0.25, -0.2) is 0 Å². The second kappa shape index (κ2) is 4.66. The van der Waals surface area contributed by atoms with Crippen LogP contribution in [0.4, 0.5) is 0 Å². The number of benzene rings is 1. The lowest BCUT2D eigenvalue weighted by Crippen LogP contribution is -2.04. The highest BCUT2D eigenvalue weighted by Crippen LogP contribution is 2.23. The summed E-state index contributed by atoms with van der Waals surface area (Å²) < 4.78 is 0. The summed E-state index contributed by atoms with van der Waals surface area (Å²) in [5.74, 6) is 0.438. The number of alkyl halides is 1. The van der Waals surface area contributed by atoms with Crippen molar-refractivity contribution in [2.24, 2.45) is 0 Å². The normalized spacial score (nSPS) is 15.4. The summed E-state index contributed by atoms with van der Waals surface area (Å²) in [7, 11) is 0. The summed E-state index contributed by atoms with van der Waals surface area (Å²) in [5.41, 5.74) is 2.72. The summed E-state index contributed by atoms with van der Waals surface area (Å²) >= 11 is 6.04. The van der Waals surface area contributed by atoms with Gasteiger partial charge in [0.1, 0.15) is 0 Å². The van der Waals surface area contributed by atoms with E-state index in [2.05, 4.69) is 38.1 Å². The third kappa shape index (κ3) is 2.73. The quantitative estimate of drug-likeness (QED) is 0.642. The van der Waals surface area contributed by atoms with Gasteiger partial charge in [0.25, 0.3) is 0 Å². The molecule has 1 rings (SSSR count). The van der Waals surface area contributed by atoms with Gasteiger partial charge in [0.05, 0.1) is 0 Å². The molecule has 0 heterocycles. The smallest absolute Gasteiger partial charge is 0.0373 e. The molecule has 0 fully saturated rings. The summed E-state index contributed by atoms with van der Waals surface area (Å²) in [6.07, 6.45) is 1.10. The lowest BCUT2D eigenvalue weighted by molar-refractivity contribution is 0.742.